The maximum atomic E-state index is 12.9. The molecule has 0 aliphatic carbocycles. The number of hydrogen-bond acceptors (Lipinski definition) is 5. The van der Waals surface area contributed by atoms with Crippen molar-refractivity contribution in [1.29, 1.82) is 0 Å². The SMILES string of the molecule is Nc1ccc(S(=O)(=O)Nc2cccc(CS(=O)(=O)O)c2)cc1C(F)(F)F. The average molecular weight is 410 g/mol. The third-order valence-corrected chi connectivity index (χ3v) is 5.25. The maximum Gasteiger partial charge on any atom is 0.418 e. The Morgan fingerprint density at radius 1 is 1.04 bits per heavy atom. The van der Waals surface area contributed by atoms with Crippen LogP contribution in [0.5, 0.6) is 0 Å². The zero-order valence-corrected chi connectivity index (χ0v) is 14.5. The van der Waals surface area contributed by atoms with Crippen molar-refractivity contribution in [2.75, 3.05) is 10.5 Å². The molecule has 0 aliphatic rings. The van der Waals surface area contributed by atoms with Gasteiger partial charge in [0, 0.05) is 11.4 Å². The largest absolute Gasteiger partial charge is 0.418 e. The van der Waals surface area contributed by atoms with Gasteiger partial charge in [-0.05, 0) is 35.9 Å². The molecule has 26 heavy (non-hydrogen) atoms. The van der Waals surface area contributed by atoms with Gasteiger partial charge in [0.15, 0.2) is 0 Å². The van der Waals surface area contributed by atoms with Gasteiger partial charge in [-0.1, -0.05) is 12.1 Å². The Kier molecular flexibility index (Phi) is 5.21. The van der Waals surface area contributed by atoms with Gasteiger partial charge in [0.05, 0.1) is 10.5 Å². The van der Waals surface area contributed by atoms with Crippen LogP contribution in [0.15, 0.2) is 47.4 Å². The summed E-state index contributed by atoms with van der Waals surface area (Å²) in [4.78, 5) is -0.667. The number of benzene rings is 2. The van der Waals surface area contributed by atoms with Crippen LogP contribution in [0.4, 0.5) is 24.5 Å². The van der Waals surface area contributed by atoms with Gasteiger partial charge in [-0.15, -0.1) is 0 Å². The van der Waals surface area contributed by atoms with Crippen molar-refractivity contribution in [3.63, 3.8) is 0 Å². The van der Waals surface area contributed by atoms with Crippen molar-refractivity contribution < 1.29 is 34.6 Å². The molecular formula is C14H13F3N2O5S2. The van der Waals surface area contributed by atoms with Gasteiger partial charge in [0.2, 0.25) is 0 Å². The first-order valence-electron chi connectivity index (χ1n) is 6.81. The number of hydrogen-bond donors (Lipinski definition) is 3. The van der Waals surface area contributed by atoms with E-state index >= 15 is 0 Å². The number of nitrogens with one attached hydrogen (secondary N) is 1. The number of alkyl halides is 3. The summed E-state index contributed by atoms with van der Waals surface area (Å²) >= 11 is 0. The van der Waals surface area contributed by atoms with Crippen molar-refractivity contribution in [2.24, 2.45) is 0 Å². The molecule has 0 fully saturated rings. The molecule has 0 saturated heterocycles. The van der Waals surface area contributed by atoms with Crippen LogP contribution in [0.1, 0.15) is 11.1 Å². The lowest BCUT2D eigenvalue weighted by atomic mass is 10.2. The standard InChI is InChI=1S/C14H13F3N2O5S2/c15-14(16,17)12-7-11(4-5-13(12)18)26(23,24)19-10-3-1-2-9(6-10)8-25(20,21)22/h1-7,19H,8,18H2,(H,20,21,22). The second-order valence-corrected chi connectivity index (χ2v) is 8.41. The van der Waals surface area contributed by atoms with E-state index < -0.39 is 48.2 Å². The van der Waals surface area contributed by atoms with Crippen LogP contribution in [0, 0.1) is 0 Å². The molecule has 2 aromatic rings. The highest BCUT2D eigenvalue weighted by Gasteiger charge is 2.34. The Morgan fingerprint density at radius 2 is 1.69 bits per heavy atom. The Labute approximate surface area is 147 Å². The van der Waals surface area contributed by atoms with Gasteiger partial charge in [0.1, 0.15) is 5.75 Å². The summed E-state index contributed by atoms with van der Waals surface area (Å²) in [7, 11) is -8.72. The molecule has 0 bridgehead atoms. The summed E-state index contributed by atoms with van der Waals surface area (Å²) in [6.45, 7) is 0. The van der Waals surface area contributed by atoms with E-state index in [1.165, 1.54) is 18.2 Å². The van der Waals surface area contributed by atoms with Crippen molar-refractivity contribution >= 4 is 31.5 Å². The highest BCUT2D eigenvalue weighted by Crippen LogP contribution is 2.35. The minimum atomic E-state index is -4.83. The molecule has 0 spiro atoms. The molecule has 2 aromatic carbocycles. The molecule has 0 aromatic heterocycles. The van der Waals surface area contributed by atoms with Crippen LogP contribution >= 0.6 is 0 Å². The fraction of sp³-hybridized carbons (Fsp3) is 0.143. The number of sulfonamides is 1. The van der Waals surface area contributed by atoms with E-state index in [4.69, 9.17) is 10.3 Å². The Bertz CT molecular complexity index is 1030. The van der Waals surface area contributed by atoms with Crippen molar-refractivity contribution in [2.45, 2.75) is 16.8 Å². The monoisotopic (exact) mass is 410 g/mol. The topological polar surface area (TPSA) is 127 Å². The highest BCUT2D eigenvalue weighted by molar-refractivity contribution is 7.92. The van der Waals surface area contributed by atoms with Crippen LogP contribution < -0.4 is 10.5 Å². The summed E-state index contributed by atoms with van der Waals surface area (Å²) in [6.07, 6.45) is -4.83. The van der Waals surface area contributed by atoms with Gasteiger partial charge < -0.3 is 5.73 Å². The molecule has 0 atom stereocenters. The molecular weight excluding hydrogens is 397 g/mol. The van der Waals surface area contributed by atoms with Crippen LogP contribution in [-0.4, -0.2) is 21.4 Å². The van der Waals surface area contributed by atoms with Gasteiger partial charge in [-0.2, -0.15) is 21.6 Å². The summed E-state index contributed by atoms with van der Waals surface area (Å²) in [5, 5.41) is 0. The highest BCUT2D eigenvalue weighted by atomic mass is 32.2. The minimum Gasteiger partial charge on any atom is -0.398 e. The number of rotatable bonds is 5. The molecule has 2 rings (SSSR count). The van der Waals surface area contributed by atoms with Crippen LogP contribution in [0.25, 0.3) is 0 Å². The third kappa shape index (κ3) is 5.09. The maximum absolute atomic E-state index is 12.9. The lowest BCUT2D eigenvalue weighted by Gasteiger charge is -2.13. The molecule has 0 amide bonds. The van der Waals surface area contributed by atoms with E-state index in [1.54, 1.807) is 0 Å². The number of nitrogen functional groups attached to an aromatic ring is 1. The minimum absolute atomic E-state index is 0.0842. The fourth-order valence-electron chi connectivity index (χ4n) is 2.10. The second-order valence-electron chi connectivity index (χ2n) is 5.28. The predicted molar refractivity (Wildman–Crippen MR) is 88.4 cm³/mol. The van der Waals surface area contributed by atoms with Crippen molar-refractivity contribution in [3.05, 3.63) is 53.6 Å². The van der Waals surface area contributed by atoms with E-state index in [9.17, 15) is 30.0 Å². The van der Waals surface area contributed by atoms with E-state index in [0.29, 0.717) is 6.07 Å². The van der Waals surface area contributed by atoms with E-state index in [-0.39, 0.29) is 11.3 Å². The van der Waals surface area contributed by atoms with Crippen molar-refractivity contribution in [1.82, 2.24) is 0 Å². The molecule has 12 heteroatoms. The average Bonchev–Trinajstić information content (AvgIpc) is 2.44. The van der Waals surface area contributed by atoms with Gasteiger partial charge in [-0.3, -0.25) is 9.27 Å². The fourth-order valence-corrected chi connectivity index (χ4v) is 3.77. The van der Waals surface area contributed by atoms with Crippen LogP contribution in [0.3, 0.4) is 0 Å². The lowest BCUT2D eigenvalue weighted by Crippen LogP contribution is -2.16. The quantitative estimate of drug-likeness (QED) is 0.513. The summed E-state index contributed by atoms with van der Waals surface area (Å²) in [5.74, 6) is -0.747. The van der Waals surface area contributed by atoms with Gasteiger partial charge in [0.25, 0.3) is 20.1 Å². The molecule has 7 nitrogen and oxygen atoms in total. The van der Waals surface area contributed by atoms with Crippen LogP contribution in [0.2, 0.25) is 0 Å². The molecule has 0 unspecified atom stereocenters. The molecule has 142 valence electrons. The van der Waals surface area contributed by atoms with Gasteiger partial charge in [-0.25, -0.2) is 8.42 Å². The number of anilines is 2. The smallest absolute Gasteiger partial charge is 0.398 e. The Morgan fingerprint density at radius 3 is 2.27 bits per heavy atom. The molecule has 0 heterocycles. The zero-order valence-electron chi connectivity index (χ0n) is 12.9. The predicted octanol–water partition coefficient (Wildman–Crippen LogP) is 2.48. The molecule has 4 N–H and O–H groups in total. The van der Waals surface area contributed by atoms with E-state index in [2.05, 4.69) is 0 Å². The van der Waals surface area contributed by atoms with Crippen LogP contribution in [-0.2, 0) is 32.1 Å². The third-order valence-electron chi connectivity index (χ3n) is 3.17. The Hall–Kier alpha value is -2.31. The zero-order chi connectivity index (χ0) is 19.8. The summed E-state index contributed by atoms with van der Waals surface area (Å²) < 4.78 is 95.9. The lowest BCUT2D eigenvalue weighted by molar-refractivity contribution is -0.137. The summed E-state index contributed by atoms with van der Waals surface area (Å²) in [6, 6.07) is 7.19. The van der Waals surface area contributed by atoms with Crippen molar-refractivity contribution in [3.8, 4) is 0 Å². The first-order chi connectivity index (χ1) is 11.8. The second kappa shape index (κ2) is 6.78. The summed E-state index contributed by atoms with van der Waals surface area (Å²) in [5.41, 5.74) is 3.32. The molecule has 0 aliphatic heterocycles. The first-order valence-corrected chi connectivity index (χ1v) is 9.91. The molecule has 0 radical (unpaired) electrons. The number of nitrogens with two attached hydrogens (primary N) is 1. The van der Waals surface area contributed by atoms with E-state index in [0.717, 1.165) is 18.2 Å². The normalized spacial score (nSPS) is 12.8. The van der Waals surface area contributed by atoms with Gasteiger partial charge >= 0.3 is 6.18 Å². The molecule has 0 saturated carbocycles. The Balaban J connectivity index is 2.37. The first kappa shape index (κ1) is 20.0. The van der Waals surface area contributed by atoms with E-state index in [1.807, 2.05) is 4.72 Å². The number of halogens is 3.